The van der Waals surface area contributed by atoms with E-state index in [0.717, 1.165) is 17.8 Å². The number of rotatable bonds is 4. The molecule has 3 rings (SSSR count). The first-order valence-corrected chi connectivity index (χ1v) is 7.11. The molecule has 104 valence electrons. The van der Waals surface area contributed by atoms with E-state index < -0.39 is 0 Å². The fourth-order valence-electron chi connectivity index (χ4n) is 2.82. The summed E-state index contributed by atoms with van der Waals surface area (Å²) in [5.74, 6) is 5.69. The van der Waals surface area contributed by atoms with Gasteiger partial charge in [0.15, 0.2) is 0 Å². The molecular weight excluding hydrogens is 248 g/mol. The third-order valence-electron chi connectivity index (χ3n) is 3.96. The highest BCUT2D eigenvalue weighted by atomic mass is 15.2. The van der Waals surface area contributed by atoms with Crippen LogP contribution in [-0.2, 0) is 19.3 Å². The van der Waals surface area contributed by atoms with Crippen LogP contribution < -0.4 is 11.3 Å². The van der Waals surface area contributed by atoms with Crippen LogP contribution in [0.1, 0.15) is 40.5 Å². The summed E-state index contributed by atoms with van der Waals surface area (Å²) in [6.07, 6.45) is 8.11. The number of fused-ring (bicyclic) bond motifs is 1. The fourth-order valence-corrected chi connectivity index (χ4v) is 2.82. The van der Waals surface area contributed by atoms with Crippen molar-refractivity contribution in [3.05, 3.63) is 58.7 Å². The number of nitrogens with one attached hydrogen (secondary N) is 1. The van der Waals surface area contributed by atoms with Crippen molar-refractivity contribution in [3.63, 3.8) is 0 Å². The largest absolute Gasteiger partial charge is 0.271 e. The maximum Gasteiger partial charge on any atom is 0.0773 e. The summed E-state index contributed by atoms with van der Waals surface area (Å²) in [6.45, 7) is 1.93. The van der Waals surface area contributed by atoms with Crippen LogP contribution in [0.3, 0.4) is 0 Å². The molecule has 1 aromatic heterocycles. The zero-order valence-electron chi connectivity index (χ0n) is 11.8. The minimum atomic E-state index is 0.00236. The number of nitrogens with zero attached hydrogens (tertiary/aromatic N) is 2. The number of nitrogens with two attached hydrogens (primary N) is 1. The zero-order chi connectivity index (χ0) is 13.9. The Balaban J connectivity index is 1.79. The minimum Gasteiger partial charge on any atom is -0.271 e. The van der Waals surface area contributed by atoms with Crippen molar-refractivity contribution in [2.45, 2.75) is 38.6 Å². The maximum atomic E-state index is 5.69. The van der Waals surface area contributed by atoms with Crippen LogP contribution in [0.25, 0.3) is 0 Å². The lowest BCUT2D eigenvalue weighted by molar-refractivity contribution is 0.535. The van der Waals surface area contributed by atoms with E-state index in [1.807, 2.05) is 6.92 Å². The molecule has 1 aromatic carbocycles. The van der Waals surface area contributed by atoms with Crippen molar-refractivity contribution in [3.8, 4) is 0 Å². The molecule has 0 bridgehead atoms. The van der Waals surface area contributed by atoms with E-state index in [1.54, 1.807) is 12.4 Å². The van der Waals surface area contributed by atoms with Crippen LogP contribution in [0.2, 0.25) is 0 Å². The van der Waals surface area contributed by atoms with Crippen LogP contribution in [-0.4, -0.2) is 9.97 Å². The molecule has 0 saturated carbocycles. The molecule has 4 heteroatoms. The van der Waals surface area contributed by atoms with Gasteiger partial charge in [-0.15, -0.1) is 0 Å². The molecule has 2 aromatic rings. The van der Waals surface area contributed by atoms with Gasteiger partial charge < -0.3 is 0 Å². The van der Waals surface area contributed by atoms with Gasteiger partial charge in [0.05, 0.1) is 23.6 Å². The van der Waals surface area contributed by atoms with Gasteiger partial charge >= 0.3 is 0 Å². The number of aromatic nitrogens is 2. The predicted octanol–water partition coefficient (Wildman–Crippen LogP) is 2.02. The molecule has 0 amide bonds. The smallest absolute Gasteiger partial charge is 0.0773 e. The summed E-state index contributed by atoms with van der Waals surface area (Å²) in [6, 6.07) is 6.78. The van der Waals surface area contributed by atoms with Gasteiger partial charge in [-0.2, -0.15) is 0 Å². The Kier molecular flexibility index (Phi) is 3.76. The van der Waals surface area contributed by atoms with Gasteiger partial charge in [0.1, 0.15) is 0 Å². The molecule has 20 heavy (non-hydrogen) atoms. The highest BCUT2D eigenvalue weighted by Gasteiger charge is 2.15. The lowest BCUT2D eigenvalue weighted by Crippen LogP contribution is -2.30. The van der Waals surface area contributed by atoms with E-state index in [2.05, 4.69) is 33.6 Å². The van der Waals surface area contributed by atoms with Gasteiger partial charge in [0.2, 0.25) is 0 Å². The van der Waals surface area contributed by atoms with Gasteiger partial charge in [-0.1, -0.05) is 18.2 Å². The maximum absolute atomic E-state index is 5.69. The molecule has 1 heterocycles. The molecule has 3 N–H and O–H groups in total. The van der Waals surface area contributed by atoms with Gasteiger partial charge in [0.25, 0.3) is 0 Å². The molecule has 0 aliphatic heterocycles. The summed E-state index contributed by atoms with van der Waals surface area (Å²) >= 11 is 0. The Morgan fingerprint density at radius 1 is 1.20 bits per heavy atom. The second-order valence-electron chi connectivity index (χ2n) is 5.46. The summed E-state index contributed by atoms with van der Waals surface area (Å²) in [5, 5.41) is 0. The van der Waals surface area contributed by atoms with E-state index in [9.17, 15) is 0 Å². The van der Waals surface area contributed by atoms with Crippen LogP contribution >= 0.6 is 0 Å². The first-order valence-electron chi connectivity index (χ1n) is 7.11. The third-order valence-corrected chi connectivity index (χ3v) is 3.96. The topological polar surface area (TPSA) is 63.8 Å². The summed E-state index contributed by atoms with van der Waals surface area (Å²) in [5.41, 5.74) is 8.95. The van der Waals surface area contributed by atoms with Gasteiger partial charge in [-0.3, -0.25) is 21.2 Å². The van der Waals surface area contributed by atoms with Crippen LogP contribution in [0.15, 0.2) is 30.6 Å². The molecule has 1 aliphatic carbocycles. The number of benzene rings is 1. The molecule has 0 saturated heterocycles. The second-order valence-corrected chi connectivity index (χ2v) is 5.46. The highest BCUT2D eigenvalue weighted by Crippen LogP contribution is 2.24. The molecular formula is C16H20N4. The Labute approximate surface area is 119 Å². The average molecular weight is 268 g/mol. The standard InChI is InChI=1S/C16H20N4/c1-11-9-19-16(10-18-11)15(20-17)8-12-5-6-13-3-2-4-14(13)7-12/h5-7,9-10,15,20H,2-4,8,17H2,1H3. The first kappa shape index (κ1) is 13.2. The predicted molar refractivity (Wildman–Crippen MR) is 79.0 cm³/mol. The van der Waals surface area contributed by atoms with E-state index in [0.29, 0.717) is 0 Å². The quantitative estimate of drug-likeness (QED) is 0.658. The van der Waals surface area contributed by atoms with Gasteiger partial charge in [0, 0.05) is 6.20 Å². The van der Waals surface area contributed by atoms with E-state index in [-0.39, 0.29) is 6.04 Å². The van der Waals surface area contributed by atoms with E-state index in [4.69, 9.17) is 5.84 Å². The Morgan fingerprint density at radius 2 is 2.05 bits per heavy atom. The molecule has 1 aliphatic rings. The number of hydrazine groups is 1. The van der Waals surface area contributed by atoms with Crippen molar-refractivity contribution in [1.82, 2.24) is 15.4 Å². The van der Waals surface area contributed by atoms with Gasteiger partial charge in [-0.05, 0) is 49.3 Å². The lowest BCUT2D eigenvalue weighted by atomic mass is 10.00. The van der Waals surface area contributed by atoms with E-state index >= 15 is 0 Å². The third kappa shape index (κ3) is 2.71. The van der Waals surface area contributed by atoms with Crippen LogP contribution in [0.5, 0.6) is 0 Å². The van der Waals surface area contributed by atoms with Gasteiger partial charge in [-0.25, -0.2) is 0 Å². The molecule has 1 atom stereocenters. The van der Waals surface area contributed by atoms with Crippen molar-refractivity contribution >= 4 is 0 Å². The monoisotopic (exact) mass is 268 g/mol. The summed E-state index contributed by atoms with van der Waals surface area (Å²) in [4.78, 5) is 8.70. The molecule has 4 nitrogen and oxygen atoms in total. The Hall–Kier alpha value is -1.78. The molecule has 0 fully saturated rings. The SMILES string of the molecule is Cc1cnc(C(Cc2ccc3c(c2)CCC3)NN)cn1. The minimum absolute atomic E-state index is 0.00236. The molecule has 0 radical (unpaired) electrons. The second kappa shape index (κ2) is 5.69. The lowest BCUT2D eigenvalue weighted by Gasteiger charge is -2.16. The first-order chi connectivity index (χ1) is 9.76. The molecule has 0 spiro atoms. The number of hydrogen-bond acceptors (Lipinski definition) is 4. The Bertz CT molecular complexity index is 592. The van der Waals surface area contributed by atoms with E-state index in [1.165, 1.54) is 36.0 Å². The summed E-state index contributed by atoms with van der Waals surface area (Å²) in [7, 11) is 0. The van der Waals surface area contributed by atoms with Crippen molar-refractivity contribution in [2.24, 2.45) is 5.84 Å². The number of hydrogen-bond donors (Lipinski definition) is 2. The molecule has 1 unspecified atom stereocenters. The van der Waals surface area contributed by atoms with Crippen molar-refractivity contribution in [2.75, 3.05) is 0 Å². The van der Waals surface area contributed by atoms with Crippen LogP contribution in [0, 0.1) is 6.92 Å². The van der Waals surface area contributed by atoms with Crippen molar-refractivity contribution < 1.29 is 0 Å². The summed E-state index contributed by atoms with van der Waals surface area (Å²) < 4.78 is 0. The fraction of sp³-hybridized carbons (Fsp3) is 0.375. The normalized spacial score (nSPS) is 15.1. The van der Waals surface area contributed by atoms with Crippen molar-refractivity contribution in [1.29, 1.82) is 0 Å². The average Bonchev–Trinajstić information content (AvgIpc) is 2.93. The highest BCUT2D eigenvalue weighted by molar-refractivity contribution is 5.35. The van der Waals surface area contributed by atoms with Crippen LogP contribution in [0.4, 0.5) is 0 Å². The Morgan fingerprint density at radius 3 is 2.80 bits per heavy atom. The number of aryl methyl sites for hydroxylation is 3. The zero-order valence-corrected chi connectivity index (χ0v) is 11.8.